The van der Waals surface area contributed by atoms with Crippen molar-refractivity contribution in [1.29, 1.82) is 0 Å². The second-order valence-corrected chi connectivity index (χ2v) is 7.39. The summed E-state index contributed by atoms with van der Waals surface area (Å²) in [5.41, 5.74) is 7.56. The number of hydrogen-bond donors (Lipinski definition) is 3. The maximum atomic E-state index is 11.6. The van der Waals surface area contributed by atoms with Gasteiger partial charge in [0.05, 0.1) is 4.90 Å². The van der Waals surface area contributed by atoms with Crippen LogP contribution < -0.4 is 16.2 Å². The first kappa shape index (κ1) is 16.1. The molecule has 0 atom stereocenters. The highest BCUT2D eigenvalue weighted by Crippen LogP contribution is 2.27. The molecule has 0 aliphatic carbocycles. The van der Waals surface area contributed by atoms with E-state index < -0.39 is 10.0 Å². The summed E-state index contributed by atoms with van der Waals surface area (Å²) in [6.45, 7) is 4.77. The Hall–Kier alpha value is -1.31. The first-order chi connectivity index (χ1) is 9.77. The summed E-state index contributed by atoms with van der Waals surface area (Å²) < 4.78 is 23.2. The predicted molar refractivity (Wildman–Crippen MR) is 85.7 cm³/mol. The summed E-state index contributed by atoms with van der Waals surface area (Å²) in [4.78, 5) is 2.41. The van der Waals surface area contributed by atoms with E-state index in [1.54, 1.807) is 13.0 Å². The number of anilines is 2. The van der Waals surface area contributed by atoms with Crippen molar-refractivity contribution in [3.63, 3.8) is 0 Å². The van der Waals surface area contributed by atoms with Gasteiger partial charge in [-0.2, -0.15) is 0 Å². The van der Waals surface area contributed by atoms with Crippen LogP contribution in [-0.2, 0) is 10.0 Å². The first-order valence-electron chi connectivity index (χ1n) is 7.12. The quantitative estimate of drug-likeness (QED) is 0.719. The Bertz CT molecular complexity index is 608. The molecule has 1 aliphatic heterocycles. The van der Waals surface area contributed by atoms with Crippen LogP contribution in [0.2, 0.25) is 0 Å². The maximum absolute atomic E-state index is 11.6. The lowest BCUT2D eigenvalue weighted by Gasteiger charge is -2.29. The van der Waals surface area contributed by atoms with Crippen LogP contribution in [0.1, 0.15) is 18.4 Å². The number of nitrogen functional groups attached to an aromatic ring is 1. The minimum atomic E-state index is -3.76. The van der Waals surface area contributed by atoms with Crippen molar-refractivity contribution in [2.75, 3.05) is 37.7 Å². The number of primary sulfonamides is 1. The maximum Gasteiger partial charge on any atom is 0.238 e. The molecule has 0 bridgehead atoms. The third kappa shape index (κ3) is 4.09. The summed E-state index contributed by atoms with van der Waals surface area (Å²) in [7, 11) is -1.63. The molecule has 1 aromatic carbocycles. The smallest absolute Gasteiger partial charge is 0.238 e. The number of sulfonamides is 1. The molecule has 0 saturated carbocycles. The molecular weight excluding hydrogens is 288 g/mol. The van der Waals surface area contributed by atoms with E-state index in [4.69, 9.17) is 10.9 Å². The van der Waals surface area contributed by atoms with Crippen molar-refractivity contribution < 1.29 is 8.42 Å². The minimum absolute atomic E-state index is 0.0911. The van der Waals surface area contributed by atoms with E-state index >= 15 is 0 Å². The number of likely N-dealkylation sites (tertiary alicyclic amines) is 1. The van der Waals surface area contributed by atoms with Gasteiger partial charge in [-0.05, 0) is 63.5 Å². The van der Waals surface area contributed by atoms with Crippen molar-refractivity contribution in [1.82, 2.24) is 4.90 Å². The lowest BCUT2D eigenvalue weighted by atomic mass is 9.97. The van der Waals surface area contributed by atoms with Crippen molar-refractivity contribution in [2.45, 2.75) is 24.7 Å². The van der Waals surface area contributed by atoms with Gasteiger partial charge in [0.25, 0.3) is 0 Å². The highest BCUT2D eigenvalue weighted by Gasteiger charge is 2.18. The first-order valence-corrected chi connectivity index (χ1v) is 8.67. The Morgan fingerprint density at radius 1 is 1.33 bits per heavy atom. The Morgan fingerprint density at radius 2 is 1.95 bits per heavy atom. The largest absolute Gasteiger partial charge is 0.399 e. The van der Waals surface area contributed by atoms with E-state index in [1.807, 2.05) is 0 Å². The van der Waals surface area contributed by atoms with Gasteiger partial charge < -0.3 is 16.0 Å². The third-order valence-corrected chi connectivity index (χ3v) is 5.15. The standard InChI is InChI=1S/C14H24N4O2S/c1-10-13(7-12(15)8-14(10)21(16,19)20)17-9-11-3-5-18(2)6-4-11/h7-8,11,17H,3-6,9,15H2,1-2H3,(H2,16,19,20). The van der Waals surface area contributed by atoms with Crippen molar-refractivity contribution in [2.24, 2.45) is 11.1 Å². The fraction of sp³-hybridized carbons (Fsp3) is 0.571. The molecule has 0 radical (unpaired) electrons. The van der Waals surface area contributed by atoms with Crippen LogP contribution in [-0.4, -0.2) is 40.0 Å². The Morgan fingerprint density at radius 3 is 2.52 bits per heavy atom. The monoisotopic (exact) mass is 312 g/mol. The molecule has 1 aliphatic rings. The van der Waals surface area contributed by atoms with Crippen LogP contribution in [0, 0.1) is 12.8 Å². The van der Waals surface area contributed by atoms with Crippen LogP contribution in [0.4, 0.5) is 11.4 Å². The third-order valence-electron chi connectivity index (χ3n) is 4.11. The molecule has 0 unspecified atom stereocenters. The number of nitrogens with two attached hydrogens (primary N) is 2. The lowest BCUT2D eigenvalue weighted by molar-refractivity contribution is 0.226. The summed E-state index contributed by atoms with van der Waals surface area (Å²) in [6, 6.07) is 3.17. The molecule has 7 heteroatoms. The Balaban J connectivity index is 2.12. The van der Waals surface area contributed by atoms with E-state index in [0.29, 0.717) is 17.2 Å². The zero-order valence-electron chi connectivity index (χ0n) is 12.6. The topological polar surface area (TPSA) is 101 Å². The molecule has 2 rings (SSSR count). The van der Waals surface area contributed by atoms with Crippen LogP contribution in [0.15, 0.2) is 17.0 Å². The van der Waals surface area contributed by atoms with Crippen LogP contribution in [0.3, 0.4) is 0 Å². The predicted octanol–water partition coefficient (Wildman–Crippen LogP) is 0.978. The average molecular weight is 312 g/mol. The van der Waals surface area contributed by atoms with Gasteiger partial charge in [0, 0.05) is 17.9 Å². The van der Waals surface area contributed by atoms with E-state index in [9.17, 15) is 8.42 Å². The van der Waals surface area contributed by atoms with Crippen LogP contribution in [0.25, 0.3) is 0 Å². The normalized spacial score (nSPS) is 17.9. The molecule has 118 valence electrons. The number of nitrogens with one attached hydrogen (secondary N) is 1. The van der Waals surface area contributed by atoms with Gasteiger partial charge in [0.1, 0.15) is 0 Å². The second-order valence-electron chi connectivity index (χ2n) is 5.86. The van der Waals surface area contributed by atoms with Gasteiger partial charge in [-0.3, -0.25) is 0 Å². The van der Waals surface area contributed by atoms with E-state index in [-0.39, 0.29) is 4.90 Å². The van der Waals surface area contributed by atoms with E-state index in [0.717, 1.165) is 38.2 Å². The number of rotatable bonds is 4. The Kier molecular flexibility index (Phi) is 4.75. The molecule has 1 fully saturated rings. The van der Waals surface area contributed by atoms with Gasteiger partial charge in [0.15, 0.2) is 0 Å². The number of hydrogen-bond acceptors (Lipinski definition) is 5. The van der Waals surface area contributed by atoms with Crippen molar-refractivity contribution in [3.05, 3.63) is 17.7 Å². The molecule has 6 nitrogen and oxygen atoms in total. The van der Waals surface area contributed by atoms with Gasteiger partial charge in [-0.25, -0.2) is 13.6 Å². The number of nitrogens with zero attached hydrogens (tertiary/aromatic N) is 1. The Labute approximate surface area is 126 Å². The highest BCUT2D eigenvalue weighted by molar-refractivity contribution is 7.89. The molecule has 5 N–H and O–H groups in total. The summed E-state index contributed by atoms with van der Waals surface area (Å²) in [6.07, 6.45) is 2.29. The van der Waals surface area contributed by atoms with Crippen molar-refractivity contribution in [3.8, 4) is 0 Å². The van der Waals surface area contributed by atoms with E-state index in [2.05, 4.69) is 17.3 Å². The minimum Gasteiger partial charge on any atom is -0.399 e. The lowest BCUT2D eigenvalue weighted by Crippen LogP contribution is -2.33. The second kappa shape index (κ2) is 6.21. The molecule has 1 heterocycles. The fourth-order valence-electron chi connectivity index (χ4n) is 2.71. The fourth-order valence-corrected chi connectivity index (χ4v) is 3.55. The van der Waals surface area contributed by atoms with Gasteiger partial charge >= 0.3 is 0 Å². The van der Waals surface area contributed by atoms with Crippen LogP contribution in [0.5, 0.6) is 0 Å². The van der Waals surface area contributed by atoms with Gasteiger partial charge in [0.2, 0.25) is 10.0 Å². The molecular formula is C14H24N4O2S. The molecule has 1 saturated heterocycles. The zero-order chi connectivity index (χ0) is 15.6. The molecule has 0 aromatic heterocycles. The molecule has 1 aromatic rings. The summed E-state index contributed by atoms with van der Waals surface area (Å²) in [5, 5.41) is 8.57. The summed E-state index contributed by atoms with van der Waals surface area (Å²) >= 11 is 0. The zero-order valence-corrected chi connectivity index (χ0v) is 13.4. The molecule has 0 spiro atoms. The summed E-state index contributed by atoms with van der Waals surface area (Å²) in [5.74, 6) is 0.597. The SMILES string of the molecule is Cc1c(NCC2CCN(C)CC2)cc(N)cc1S(N)(=O)=O. The number of piperidine rings is 1. The van der Waals surface area contributed by atoms with Crippen LogP contribution >= 0.6 is 0 Å². The molecule has 21 heavy (non-hydrogen) atoms. The van der Waals surface area contributed by atoms with Gasteiger partial charge in [-0.1, -0.05) is 0 Å². The highest BCUT2D eigenvalue weighted by atomic mass is 32.2. The van der Waals surface area contributed by atoms with E-state index in [1.165, 1.54) is 6.07 Å². The van der Waals surface area contributed by atoms with Crippen molar-refractivity contribution >= 4 is 21.4 Å². The number of benzene rings is 1. The molecule has 0 amide bonds. The van der Waals surface area contributed by atoms with Gasteiger partial charge in [-0.15, -0.1) is 0 Å². The average Bonchev–Trinajstić information content (AvgIpc) is 2.40.